The molecule has 2 heterocycles. The lowest BCUT2D eigenvalue weighted by atomic mass is 10.0. The number of hydrogen-bond donors (Lipinski definition) is 2. The molecule has 2 aromatic heterocycles. The molecule has 0 aliphatic carbocycles. The Morgan fingerprint density at radius 1 is 1.19 bits per heavy atom. The number of aryl methyl sites for hydroxylation is 1. The number of nitrogens with one attached hydrogen (secondary N) is 2. The number of carbonyl (C=O) groups excluding carboxylic acids is 2. The Hall–Kier alpha value is -4.60. The predicted octanol–water partition coefficient (Wildman–Crippen LogP) is 4.93. The van der Waals surface area contributed by atoms with E-state index in [-0.39, 0.29) is 28.5 Å². The summed E-state index contributed by atoms with van der Waals surface area (Å²) in [4.78, 5) is 28.8. The van der Waals surface area contributed by atoms with Crippen LogP contribution >= 0.6 is 0 Å². The van der Waals surface area contributed by atoms with Crippen LogP contribution in [0, 0.1) is 18.6 Å². The van der Waals surface area contributed by atoms with Crippen molar-refractivity contribution in [2.45, 2.75) is 26.3 Å². The molecule has 0 spiro atoms. The SMILES string of the molecule is C=CCCn1cc(NC(=O)Cc2c(F)cc(Oc3ccnc4ccc(C(=O)NC)cc34)c(C)c2F)cn1. The molecule has 2 aromatic carbocycles. The molecule has 0 unspecified atom stereocenters. The number of carbonyl (C=O) groups is 2. The zero-order chi connectivity index (χ0) is 26.5. The maximum Gasteiger partial charge on any atom is 0.251 e. The van der Waals surface area contributed by atoms with Gasteiger partial charge in [-0.1, -0.05) is 6.08 Å². The lowest BCUT2D eigenvalue weighted by Gasteiger charge is -2.15. The first-order valence-corrected chi connectivity index (χ1v) is 11.5. The summed E-state index contributed by atoms with van der Waals surface area (Å²) >= 11 is 0. The van der Waals surface area contributed by atoms with Crippen molar-refractivity contribution in [1.82, 2.24) is 20.1 Å². The molecule has 2 amide bonds. The van der Waals surface area contributed by atoms with Gasteiger partial charge in [0.2, 0.25) is 5.91 Å². The Morgan fingerprint density at radius 2 is 2.00 bits per heavy atom. The molecule has 0 atom stereocenters. The van der Waals surface area contributed by atoms with E-state index in [0.29, 0.717) is 35.1 Å². The number of halogens is 2. The summed E-state index contributed by atoms with van der Waals surface area (Å²) in [5, 5.41) is 9.77. The number of allylic oxidation sites excluding steroid dienone is 1. The highest BCUT2D eigenvalue weighted by atomic mass is 19.1. The van der Waals surface area contributed by atoms with Gasteiger partial charge in [0.25, 0.3) is 5.91 Å². The Kier molecular flexibility index (Phi) is 7.57. The Labute approximate surface area is 212 Å². The van der Waals surface area contributed by atoms with E-state index in [2.05, 4.69) is 27.3 Å². The molecule has 2 N–H and O–H groups in total. The molecular formula is C27H25F2N5O3. The van der Waals surface area contributed by atoms with Crippen LogP contribution in [-0.2, 0) is 17.8 Å². The van der Waals surface area contributed by atoms with Crippen LogP contribution in [0.3, 0.4) is 0 Å². The molecule has 4 aromatic rings. The Balaban J connectivity index is 1.56. The van der Waals surface area contributed by atoms with Gasteiger partial charge in [-0.15, -0.1) is 6.58 Å². The molecule has 0 aliphatic heterocycles. The smallest absolute Gasteiger partial charge is 0.251 e. The van der Waals surface area contributed by atoms with Crippen LogP contribution in [0.5, 0.6) is 11.5 Å². The first kappa shape index (κ1) is 25.5. The van der Waals surface area contributed by atoms with Crippen molar-refractivity contribution in [1.29, 1.82) is 0 Å². The first-order valence-electron chi connectivity index (χ1n) is 11.5. The standard InChI is InChI=1S/C27H25F2N5O3/c1-4-5-10-34-15-18(14-32-34)33-25(35)12-19-21(28)13-24(16(2)26(19)29)37-23-8-9-31-22-7-6-17(11-20(22)23)27(36)30-3/h4,6-9,11,13-15H,1,5,10,12H2,2-3H3,(H,30,36)(H,33,35). The molecule has 0 saturated heterocycles. The van der Waals surface area contributed by atoms with Gasteiger partial charge < -0.3 is 15.4 Å². The van der Waals surface area contributed by atoms with Gasteiger partial charge in [0.1, 0.15) is 23.1 Å². The number of aromatic nitrogens is 3. The van der Waals surface area contributed by atoms with E-state index in [4.69, 9.17) is 4.74 Å². The molecular weight excluding hydrogens is 480 g/mol. The highest BCUT2D eigenvalue weighted by molar-refractivity contribution is 5.99. The van der Waals surface area contributed by atoms with Gasteiger partial charge in [0, 0.05) is 54.1 Å². The van der Waals surface area contributed by atoms with E-state index in [1.165, 1.54) is 26.4 Å². The van der Waals surface area contributed by atoms with Gasteiger partial charge in [-0.3, -0.25) is 19.3 Å². The Morgan fingerprint density at radius 3 is 2.76 bits per heavy atom. The average Bonchev–Trinajstić information content (AvgIpc) is 3.34. The van der Waals surface area contributed by atoms with Crippen LogP contribution in [0.15, 0.2) is 61.6 Å². The van der Waals surface area contributed by atoms with Crippen molar-refractivity contribution in [2.24, 2.45) is 0 Å². The highest BCUT2D eigenvalue weighted by Gasteiger charge is 2.21. The number of anilines is 1. The van der Waals surface area contributed by atoms with Crippen molar-refractivity contribution in [2.75, 3.05) is 12.4 Å². The quantitative estimate of drug-likeness (QED) is 0.315. The zero-order valence-electron chi connectivity index (χ0n) is 20.3. The summed E-state index contributed by atoms with van der Waals surface area (Å²) in [7, 11) is 1.52. The largest absolute Gasteiger partial charge is 0.456 e. The van der Waals surface area contributed by atoms with Crippen molar-refractivity contribution in [3.63, 3.8) is 0 Å². The second-order valence-electron chi connectivity index (χ2n) is 8.29. The van der Waals surface area contributed by atoms with E-state index in [9.17, 15) is 14.0 Å². The van der Waals surface area contributed by atoms with Gasteiger partial charge in [0.15, 0.2) is 0 Å². The molecule has 0 aliphatic rings. The molecule has 4 rings (SSSR count). The van der Waals surface area contributed by atoms with Crippen molar-refractivity contribution >= 4 is 28.4 Å². The van der Waals surface area contributed by atoms with Crippen LogP contribution in [0.2, 0.25) is 0 Å². The second-order valence-corrected chi connectivity index (χ2v) is 8.29. The van der Waals surface area contributed by atoms with Gasteiger partial charge in [0.05, 0.1) is 23.8 Å². The number of nitrogens with zero attached hydrogens (tertiary/aromatic N) is 3. The Bertz CT molecular complexity index is 1500. The van der Waals surface area contributed by atoms with Crippen LogP contribution < -0.4 is 15.4 Å². The third-order valence-electron chi connectivity index (χ3n) is 5.74. The van der Waals surface area contributed by atoms with E-state index in [0.717, 1.165) is 6.07 Å². The number of pyridine rings is 1. The van der Waals surface area contributed by atoms with E-state index in [1.807, 2.05) is 0 Å². The predicted molar refractivity (Wildman–Crippen MR) is 136 cm³/mol. The van der Waals surface area contributed by atoms with E-state index in [1.54, 1.807) is 41.2 Å². The zero-order valence-corrected chi connectivity index (χ0v) is 20.3. The average molecular weight is 506 g/mol. The maximum atomic E-state index is 15.2. The van der Waals surface area contributed by atoms with Crippen LogP contribution in [0.4, 0.5) is 14.5 Å². The number of benzene rings is 2. The molecule has 10 heteroatoms. The van der Waals surface area contributed by atoms with Gasteiger partial charge in [-0.05, 0) is 37.6 Å². The minimum absolute atomic E-state index is 0.0360. The monoisotopic (exact) mass is 505 g/mol. The normalized spacial score (nSPS) is 10.8. The van der Waals surface area contributed by atoms with Gasteiger partial charge in [-0.2, -0.15) is 5.10 Å². The highest BCUT2D eigenvalue weighted by Crippen LogP contribution is 2.34. The van der Waals surface area contributed by atoms with Gasteiger partial charge in [-0.25, -0.2) is 8.78 Å². The number of rotatable bonds is 9. The third-order valence-corrected chi connectivity index (χ3v) is 5.74. The lowest BCUT2D eigenvalue weighted by molar-refractivity contribution is -0.115. The summed E-state index contributed by atoms with van der Waals surface area (Å²) in [5.74, 6) is -2.46. The fraction of sp³-hybridized carbons (Fsp3) is 0.185. The summed E-state index contributed by atoms with van der Waals surface area (Å²) in [5.41, 5.74) is 1.02. The fourth-order valence-electron chi connectivity index (χ4n) is 3.77. The van der Waals surface area contributed by atoms with Crippen molar-refractivity contribution in [3.05, 3.63) is 89.9 Å². The first-order chi connectivity index (χ1) is 17.8. The molecule has 8 nitrogen and oxygen atoms in total. The van der Waals surface area contributed by atoms with E-state index < -0.39 is 24.0 Å². The summed E-state index contributed by atoms with van der Waals surface area (Å²) in [6, 6.07) is 7.46. The number of ether oxygens (including phenoxy) is 1. The van der Waals surface area contributed by atoms with Crippen molar-refractivity contribution < 1.29 is 23.1 Å². The van der Waals surface area contributed by atoms with E-state index >= 15 is 4.39 Å². The lowest BCUT2D eigenvalue weighted by Crippen LogP contribution is -2.17. The summed E-state index contributed by atoms with van der Waals surface area (Å²) in [6.07, 6.45) is 6.54. The summed E-state index contributed by atoms with van der Waals surface area (Å²) in [6.45, 7) is 5.69. The third kappa shape index (κ3) is 5.64. The van der Waals surface area contributed by atoms with Crippen LogP contribution in [0.1, 0.15) is 27.9 Å². The topological polar surface area (TPSA) is 98.1 Å². The van der Waals surface area contributed by atoms with Crippen molar-refractivity contribution in [3.8, 4) is 11.5 Å². The van der Waals surface area contributed by atoms with Crippen LogP contribution in [-0.4, -0.2) is 33.6 Å². The number of hydrogen-bond acceptors (Lipinski definition) is 5. The van der Waals surface area contributed by atoms with Gasteiger partial charge >= 0.3 is 0 Å². The molecule has 37 heavy (non-hydrogen) atoms. The molecule has 0 saturated carbocycles. The maximum absolute atomic E-state index is 15.2. The van der Waals surface area contributed by atoms with Crippen LogP contribution in [0.25, 0.3) is 10.9 Å². The molecule has 0 radical (unpaired) electrons. The minimum Gasteiger partial charge on any atom is -0.456 e. The number of amides is 2. The molecule has 190 valence electrons. The second kappa shape index (κ2) is 11.0. The number of fused-ring (bicyclic) bond motifs is 1. The summed E-state index contributed by atoms with van der Waals surface area (Å²) < 4.78 is 37.7. The molecule has 0 fully saturated rings. The fourth-order valence-corrected chi connectivity index (χ4v) is 3.77. The molecule has 0 bridgehead atoms. The minimum atomic E-state index is -0.917.